The third-order valence-corrected chi connectivity index (χ3v) is 4.21. The van der Waals surface area contributed by atoms with Gasteiger partial charge in [0.15, 0.2) is 5.84 Å². The first kappa shape index (κ1) is 12.6. The lowest BCUT2D eigenvalue weighted by Gasteiger charge is -2.23. The number of hydrogen-bond acceptors (Lipinski definition) is 4. The summed E-state index contributed by atoms with van der Waals surface area (Å²) in [6, 6.07) is 5.51. The Morgan fingerprint density at radius 1 is 1.39 bits per heavy atom. The predicted octanol–water partition coefficient (Wildman–Crippen LogP) is 0.540. The Kier molecular flexibility index (Phi) is 2.86. The molecule has 2 rings (SSSR count). The molecule has 1 aromatic rings. The van der Waals surface area contributed by atoms with Gasteiger partial charge in [0.2, 0.25) is 0 Å². The highest BCUT2D eigenvalue weighted by atomic mass is 32.2. The van der Waals surface area contributed by atoms with Crippen LogP contribution in [0.15, 0.2) is 33.6 Å². The van der Waals surface area contributed by atoms with E-state index in [0.29, 0.717) is 5.56 Å². The van der Waals surface area contributed by atoms with Gasteiger partial charge in [0, 0.05) is 12.6 Å². The molecule has 0 bridgehead atoms. The normalized spacial score (nSPS) is 17.8. The van der Waals surface area contributed by atoms with Crippen LogP contribution in [0.4, 0.5) is 0 Å². The van der Waals surface area contributed by atoms with Crippen LogP contribution in [0.3, 0.4) is 0 Å². The molecule has 1 aliphatic heterocycles. The van der Waals surface area contributed by atoms with Gasteiger partial charge in [-0.1, -0.05) is 12.1 Å². The lowest BCUT2D eigenvalue weighted by molar-refractivity contribution is -0.140. The Morgan fingerprint density at radius 2 is 2.00 bits per heavy atom. The molecule has 0 spiro atoms. The van der Waals surface area contributed by atoms with Crippen molar-refractivity contribution >= 4 is 21.8 Å². The second-order valence-electron chi connectivity index (χ2n) is 4.01. The fourth-order valence-electron chi connectivity index (χ4n) is 1.69. The van der Waals surface area contributed by atoms with Crippen molar-refractivity contribution in [2.45, 2.75) is 17.9 Å². The van der Waals surface area contributed by atoms with E-state index in [2.05, 4.69) is 4.40 Å². The summed E-state index contributed by atoms with van der Waals surface area (Å²) in [5, 5.41) is 8.94. The molecule has 0 saturated carbocycles. The predicted molar refractivity (Wildman–Crippen MR) is 65.0 cm³/mol. The van der Waals surface area contributed by atoms with Gasteiger partial charge in [-0.2, -0.15) is 8.42 Å². The highest BCUT2D eigenvalue weighted by Crippen LogP contribution is 2.27. The molecule has 18 heavy (non-hydrogen) atoms. The molecule has 7 heteroatoms. The van der Waals surface area contributed by atoms with Crippen LogP contribution in [-0.4, -0.2) is 43.3 Å². The smallest absolute Gasteiger partial charge is 0.326 e. The third kappa shape index (κ3) is 1.86. The van der Waals surface area contributed by atoms with Crippen LogP contribution < -0.4 is 0 Å². The minimum Gasteiger partial charge on any atom is -0.480 e. The van der Waals surface area contributed by atoms with E-state index in [9.17, 15) is 13.2 Å². The number of aliphatic carboxylic acids is 1. The van der Waals surface area contributed by atoms with E-state index in [-0.39, 0.29) is 10.7 Å². The van der Waals surface area contributed by atoms with E-state index >= 15 is 0 Å². The van der Waals surface area contributed by atoms with E-state index in [1.54, 1.807) is 18.2 Å². The number of hydrogen-bond donors (Lipinski definition) is 1. The first-order chi connectivity index (χ1) is 8.34. The lowest BCUT2D eigenvalue weighted by atomic mass is 10.1. The third-order valence-electron chi connectivity index (χ3n) is 2.88. The lowest BCUT2D eigenvalue weighted by Crippen LogP contribution is -2.40. The number of likely N-dealkylation sites (N-methyl/N-ethyl adjacent to an activating group) is 1. The van der Waals surface area contributed by atoms with Crippen molar-refractivity contribution in [2.24, 2.45) is 4.40 Å². The molecule has 0 saturated heterocycles. The number of fused-ring (bicyclic) bond motifs is 1. The summed E-state index contributed by atoms with van der Waals surface area (Å²) in [6.07, 6.45) is 0. The fraction of sp³-hybridized carbons (Fsp3) is 0.273. The maximum atomic E-state index is 11.8. The van der Waals surface area contributed by atoms with Crippen molar-refractivity contribution in [3.63, 3.8) is 0 Å². The Hall–Kier alpha value is -1.89. The Morgan fingerprint density at radius 3 is 2.61 bits per heavy atom. The zero-order valence-corrected chi connectivity index (χ0v) is 10.7. The maximum absolute atomic E-state index is 11.8. The molecule has 1 unspecified atom stereocenters. The molecule has 0 fully saturated rings. The van der Waals surface area contributed by atoms with Crippen LogP contribution in [-0.2, 0) is 14.8 Å². The van der Waals surface area contributed by atoms with Gasteiger partial charge in [0.05, 0.1) is 0 Å². The summed E-state index contributed by atoms with van der Waals surface area (Å²) in [6.45, 7) is 1.47. The molecule has 1 aliphatic rings. The van der Waals surface area contributed by atoms with Gasteiger partial charge < -0.3 is 10.0 Å². The van der Waals surface area contributed by atoms with Crippen LogP contribution in [0.5, 0.6) is 0 Å². The maximum Gasteiger partial charge on any atom is 0.326 e. The summed E-state index contributed by atoms with van der Waals surface area (Å²) >= 11 is 0. The average molecular weight is 268 g/mol. The first-order valence-corrected chi connectivity index (χ1v) is 6.68. The molecule has 1 aromatic carbocycles. The highest BCUT2D eigenvalue weighted by Gasteiger charge is 2.33. The standard InChI is InChI=1S/C11H12N2O4S/c1-7(11(14)15)13(2)10-8-5-3-4-6-9(8)18(16,17)12-10/h3-7H,1-2H3,(H,14,15). The zero-order valence-electron chi connectivity index (χ0n) is 9.86. The van der Waals surface area contributed by atoms with Gasteiger partial charge in [0.1, 0.15) is 10.9 Å². The van der Waals surface area contributed by atoms with Crippen molar-refractivity contribution in [1.82, 2.24) is 4.90 Å². The van der Waals surface area contributed by atoms with Gasteiger partial charge in [-0.15, -0.1) is 4.40 Å². The number of amidine groups is 1. The molecule has 1 N–H and O–H groups in total. The number of rotatable bonds is 2. The summed E-state index contributed by atoms with van der Waals surface area (Å²) in [5.74, 6) is -0.873. The zero-order chi connectivity index (χ0) is 13.5. The molecule has 6 nitrogen and oxygen atoms in total. The topological polar surface area (TPSA) is 87.0 Å². The van der Waals surface area contributed by atoms with E-state index < -0.39 is 22.0 Å². The molecule has 1 heterocycles. The quantitative estimate of drug-likeness (QED) is 0.846. The molecule has 0 radical (unpaired) electrons. The Labute approximate surface area is 105 Å². The molecular weight excluding hydrogens is 256 g/mol. The number of sulfonamides is 1. The summed E-state index contributed by atoms with van der Waals surface area (Å²) in [7, 11) is -2.20. The van der Waals surface area contributed by atoms with Crippen LogP contribution >= 0.6 is 0 Å². The Balaban J connectivity index is 2.52. The summed E-state index contributed by atoms with van der Waals surface area (Å²) in [5.41, 5.74) is 0.438. The van der Waals surface area contributed by atoms with Gasteiger partial charge in [-0.25, -0.2) is 4.79 Å². The molecule has 1 atom stereocenters. The van der Waals surface area contributed by atoms with Gasteiger partial charge in [-0.3, -0.25) is 0 Å². The first-order valence-electron chi connectivity index (χ1n) is 5.24. The van der Waals surface area contributed by atoms with Crippen LogP contribution in [0.25, 0.3) is 0 Å². The number of carboxylic acid groups (broad SMARTS) is 1. The highest BCUT2D eigenvalue weighted by molar-refractivity contribution is 7.90. The monoisotopic (exact) mass is 268 g/mol. The molecule has 0 aromatic heterocycles. The minimum absolute atomic E-state index is 0.115. The SMILES string of the molecule is CC(C(=O)O)N(C)C1=NS(=O)(=O)c2ccccc21. The van der Waals surface area contributed by atoms with Gasteiger partial charge >= 0.3 is 5.97 Å². The van der Waals surface area contributed by atoms with Gasteiger partial charge in [-0.05, 0) is 19.1 Å². The number of carboxylic acids is 1. The van der Waals surface area contributed by atoms with E-state index in [1.165, 1.54) is 24.9 Å². The number of carbonyl (C=O) groups is 1. The summed E-state index contributed by atoms with van der Waals surface area (Å²) in [4.78, 5) is 12.4. The molecule has 96 valence electrons. The number of benzene rings is 1. The number of nitrogens with zero attached hydrogens (tertiary/aromatic N) is 2. The largest absolute Gasteiger partial charge is 0.480 e. The summed E-state index contributed by atoms with van der Waals surface area (Å²) < 4.78 is 27.2. The van der Waals surface area contributed by atoms with E-state index in [4.69, 9.17) is 5.11 Å². The van der Waals surface area contributed by atoms with Gasteiger partial charge in [0.25, 0.3) is 10.0 Å². The van der Waals surface area contributed by atoms with Crippen molar-refractivity contribution in [3.8, 4) is 0 Å². The van der Waals surface area contributed by atoms with Crippen LogP contribution in [0.1, 0.15) is 12.5 Å². The second-order valence-corrected chi connectivity index (χ2v) is 5.58. The van der Waals surface area contributed by atoms with Crippen molar-refractivity contribution < 1.29 is 18.3 Å². The van der Waals surface area contributed by atoms with E-state index in [0.717, 1.165) is 0 Å². The second kappa shape index (κ2) is 4.09. The van der Waals surface area contributed by atoms with Crippen LogP contribution in [0, 0.1) is 0 Å². The van der Waals surface area contributed by atoms with Crippen molar-refractivity contribution in [3.05, 3.63) is 29.8 Å². The molecule has 0 aliphatic carbocycles. The van der Waals surface area contributed by atoms with E-state index in [1.807, 2.05) is 0 Å². The van der Waals surface area contributed by atoms with Crippen molar-refractivity contribution in [2.75, 3.05) is 7.05 Å². The Bertz CT molecular complexity index is 636. The van der Waals surface area contributed by atoms with Crippen LogP contribution in [0.2, 0.25) is 0 Å². The fourth-order valence-corrected chi connectivity index (χ4v) is 2.93. The molecule has 0 amide bonds. The minimum atomic E-state index is -3.71. The average Bonchev–Trinajstić information content (AvgIpc) is 2.60. The molecular formula is C11H12N2O4S. The van der Waals surface area contributed by atoms with Crippen molar-refractivity contribution in [1.29, 1.82) is 0 Å².